The Morgan fingerprint density at radius 2 is 1.95 bits per heavy atom. The smallest absolute Gasteiger partial charge is 0.165 e. The predicted octanol–water partition coefficient (Wildman–Crippen LogP) is 3.85. The van der Waals surface area contributed by atoms with Crippen molar-refractivity contribution in [2.75, 3.05) is 14.2 Å². The van der Waals surface area contributed by atoms with Gasteiger partial charge in [0.1, 0.15) is 5.82 Å². The number of para-hydroxylation sites is 1. The van der Waals surface area contributed by atoms with Gasteiger partial charge in [-0.3, -0.25) is 0 Å². The Morgan fingerprint density at radius 3 is 2.57 bits per heavy atom. The van der Waals surface area contributed by atoms with E-state index in [1.165, 1.54) is 12.1 Å². The number of benzene rings is 2. The molecule has 1 atom stereocenters. The molecule has 0 aromatic heterocycles. The molecule has 0 saturated carbocycles. The molecule has 0 heterocycles. The lowest BCUT2D eigenvalue weighted by atomic mass is 9.98. The molecule has 112 valence electrons. The normalized spacial score (nSPS) is 12.0. The van der Waals surface area contributed by atoms with Crippen LogP contribution in [0.2, 0.25) is 0 Å². The van der Waals surface area contributed by atoms with E-state index in [4.69, 9.17) is 15.2 Å². The van der Waals surface area contributed by atoms with Gasteiger partial charge in [0.05, 0.1) is 14.2 Å². The van der Waals surface area contributed by atoms with Gasteiger partial charge in [0.25, 0.3) is 0 Å². The first kappa shape index (κ1) is 15.8. The monoisotopic (exact) mass is 353 g/mol. The summed E-state index contributed by atoms with van der Waals surface area (Å²) in [5.41, 5.74) is 7.90. The van der Waals surface area contributed by atoms with Crippen molar-refractivity contribution in [1.29, 1.82) is 0 Å². The second-order valence-corrected chi connectivity index (χ2v) is 5.59. The van der Waals surface area contributed by atoms with Crippen LogP contribution in [0.4, 0.5) is 4.39 Å². The van der Waals surface area contributed by atoms with E-state index in [-0.39, 0.29) is 11.9 Å². The molecule has 2 aromatic rings. The van der Waals surface area contributed by atoms with E-state index in [1.54, 1.807) is 14.2 Å². The first-order chi connectivity index (χ1) is 10.0. The first-order valence-electron chi connectivity index (χ1n) is 6.46. The molecule has 21 heavy (non-hydrogen) atoms. The fraction of sp³-hybridized carbons (Fsp3) is 0.250. The van der Waals surface area contributed by atoms with Crippen LogP contribution in [0, 0.1) is 5.82 Å². The summed E-state index contributed by atoms with van der Waals surface area (Å²) < 4.78 is 24.8. The molecule has 2 N–H and O–H groups in total. The minimum absolute atomic E-state index is 0.288. The highest BCUT2D eigenvalue weighted by atomic mass is 79.9. The molecule has 5 heteroatoms. The van der Waals surface area contributed by atoms with Gasteiger partial charge < -0.3 is 15.2 Å². The van der Waals surface area contributed by atoms with Gasteiger partial charge in [-0.2, -0.15) is 0 Å². The fourth-order valence-electron chi connectivity index (χ4n) is 2.30. The number of hydrogen-bond acceptors (Lipinski definition) is 3. The lowest BCUT2D eigenvalue weighted by Gasteiger charge is -2.18. The molecule has 0 aliphatic rings. The largest absolute Gasteiger partial charge is 0.493 e. The Bertz CT molecular complexity index is 613. The van der Waals surface area contributed by atoms with E-state index in [9.17, 15) is 4.39 Å². The van der Waals surface area contributed by atoms with Crippen LogP contribution in [0.3, 0.4) is 0 Å². The molecule has 0 aliphatic carbocycles. The minimum atomic E-state index is -0.316. The maximum atomic E-state index is 13.4. The van der Waals surface area contributed by atoms with Crippen LogP contribution < -0.4 is 15.2 Å². The van der Waals surface area contributed by atoms with Gasteiger partial charge in [-0.05, 0) is 36.2 Å². The molecule has 2 aromatic carbocycles. The Hall–Kier alpha value is -1.59. The molecule has 0 amide bonds. The van der Waals surface area contributed by atoms with Gasteiger partial charge in [0, 0.05) is 16.1 Å². The maximum absolute atomic E-state index is 13.4. The second-order valence-electron chi connectivity index (χ2n) is 4.67. The Balaban J connectivity index is 2.30. The summed E-state index contributed by atoms with van der Waals surface area (Å²) in [6.45, 7) is 0. The Labute approximate surface area is 132 Å². The summed E-state index contributed by atoms with van der Waals surface area (Å²) in [6, 6.07) is 10.0. The summed E-state index contributed by atoms with van der Waals surface area (Å²) in [6.07, 6.45) is 0.500. The zero-order valence-electron chi connectivity index (χ0n) is 11.9. The van der Waals surface area contributed by atoms with Crippen LogP contribution in [0.5, 0.6) is 11.5 Å². The van der Waals surface area contributed by atoms with Crippen LogP contribution in [-0.2, 0) is 6.42 Å². The van der Waals surface area contributed by atoms with Crippen molar-refractivity contribution >= 4 is 15.9 Å². The first-order valence-corrected chi connectivity index (χ1v) is 7.26. The zero-order valence-corrected chi connectivity index (χ0v) is 13.5. The summed E-state index contributed by atoms with van der Waals surface area (Å²) in [5.74, 6) is 0.957. The maximum Gasteiger partial charge on any atom is 0.165 e. The third kappa shape index (κ3) is 3.74. The van der Waals surface area contributed by atoms with Crippen molar-refractivity contribution in [2.45, 2.75) is 12.5 Å². The SMILES string of the molecule is COc1cccc(C(N)Cc2cc(F)cc(Br)c2)c1OC. The van der Waals surface area contributed by atoms with Gasteiger partial charge in [-0.1, -0.05) is 28.1 Å². The van der Waals surface area contributed by atoms with Crippen molar-refractivity contribution < 1.29 is 13.9 Å². The van der Waals surface area contributed by atoms with E-state index >= 15 is 0 Å². The number of nitrogens with two attached hydrogens (primary N) is 1. The molecular weight excluding hydrogens is 337 g/mol. The average Bonchev–Trinajstić information content (AvgIpc) is 2.45. The third-order valence-electron chi connectivity index (χ3n) is 3.21. The summed E-state index contributed by atoms with van der Waals surface area (Å²) in [5, 5.41) is 0. The molecule has 3 nitrogen and oxygen atoms in total. The fourth-order valence-corrected chi connectivity index (χ4v) is 2.81. The van der Waals surface area contributed by atoms with Gasteiger partial charge >= 0.3 is 0 Å². The molecule has 0 fully saturated rings. The summed E-state index contributed by atoms with van der Waals surface area (Å²) in [7, 11) is 3.16. The molecule has 0 bridgehead atoms. The standard InChI is InChI=1S/C16H17BrFNO2/c1-20-15-5-3-4-13(16(15)21-2)14(19)8-10-6-11(17)9-12(18)7-10/h3-7,9,14H,8,19H2,1-2H3. The van der Waals surface area contributed by atoms with Gasteiger partial charge in [0.2, 0.25) is 0 Å². The number of rotatable bonds is 5. The summed E-state index contributed by atoms with van der Waals surface area (Å²) >= 11 is 3.28. The Morgan fingerprint density at radius 1 is 1.19 bits per heavy atom. The zero-order chi connectivity index (χ0) is 15.4. The van der Waals surface area contributed by atoms with Crippen LogP contribution in [0.15, 0.2) is 40.9 Å². The molecule has 0 spiro atoms. The van der Waals surface area contributed by atoms with Crippen molar-refractivity contribution in [3.8, 4) is 11.5 Å². The molecule has 2 rings (SSSR count). The molecule has 0 saturated heterocycles. The summed E-state index contributed by atoms with van der Waals surface area (Å²) in [4.78, 5) is 0. The van der Waals surface area contributed by atoms with Crippen molar-refractivity contribution in [2.24, 2.45) is 5.73 Å². The third-order valence-corrected chi connectivity index (χ3v) is 3.67. The Kier molecular flexibility index (Phi) is 5.20. The molecule has 1 unspecified atom stereocenters. The van der Waals surface area contributed by atoms with E-state index in [1.807, 2.05) is 24.3 Å². The van der Waals surface area contributed by atoms with E-state index in [0.29, 0.717) is 22.4 Å². The highest BCUT2D eigenvalue weighted by Gasteiger charge is 2.16. The van der Waals surface area contributed by atoms with Crippen molar-refractivity contribution in [1.82, 2.24) is 0 Å². The topological polar surface area (TPSA) is 44.5 Å². The number of hydrogen-bond donors (Lipinski definition) is 1. The highest BCUT2D eigenvalue weighted by molar-refractivity contribution is 9.10. The van der Waals surface area contributed by atoms with Gasteiger partial charge in [-0.25, -0.2) is 4.39 Å². The van der Waals surface area contributed by atoms with E-state index < -0.39 is 0 Å². The molecular formula is C16H17BrFNO2. The van der Waals surface area contributed by atoms with Gasteiger partial charge in [-0.15, -0.1) is 0 Å². The predicted molar refractivity (Wildman–Crippen MR) is 84.3 cm³/mol. The highest BCUT2D eigenvalue weighted by Crippen LogP contribution is 2.35. The van der Waals surface area contributed by atoms with Crippen molar-refractivity contribution in [3.05, 3.63) is 57.8 Å². The lowest BCUT2D eigenvalue weighted by molar-refractivity contribution is 0.349. The van der Waals surface area contributed by atoms with Crippen LogP contribution in [-0.4, -0.2) is 14.2 Å². The molecule has 0 radical (unpaired) electrons. The van der Waals surface area contributed by atoms with Crippen molar-refractivity contribution in [3.63, 3.8) is 0 Å². The number of methoxy groups -OCH3 is 2. The van der Waals surface area contributed by atoms with Crippen LogP contribution in [0.1, 0.15) is 17.2 Å². The lowest BCUT2D eigenvalue weighted by Crippen LogP contribution is -2.15. The van der Waals surface area contributed by atoms with Crippen LogP contribution in [0.25, 0.3) is 0 Å². The molecule has 0 aliphatic heterocycles. The average molecular weight is 354 g/mol. The number of ether oxygens (including phenoxy) is 2. The quantitative estimate of drug-likeness (QED) is 0.887. The van der Waals surface area contributed by atoms with Crippen LogP contribution >= 0.6 is 15.9 Å². The number of halogens is 2. The second kappa shape index (κ2) is 6.91. The van der Waals surface area contributed by atoms with E-state index in [0.717, 1.165) is 11.1 Å². The minimum Gasteiger partial charge on any atom is -0.493 e. The van der Waals surface area contributed by atoms with E-state index in [2.05, 4.69) is 15.9 Å². The van der Waals surface area contributed by atoms with Gasteiger partial charge in [0.15, 0.2) is 11.5 Å².